The first kappa shape index (κ1) is 8.05. The van der Waals surface area contributed by atoms with Crippen molar-refractivity contribution in [3.05, 3.63) is 0 Å². The lowest BCUT2D eigenvalue weighted by Crippen LogP contribution is -2.53. The third kappa shape index (κ3) is 1.51. The van der Waals surface area contributed by atoms with Crippen LogP contribution >= 0.6 is 0 Å². The maximum Gasteiger partial charge on any atom is 0.376 e. The van der Waals surface area contributed by atoms with Crippen molar-refractivity contribution in [2.45, 2.75) is 31.7 Å². The molecule has 1 saturated carbocycles. The Morgan fingerprint density at radius 3 is 2.40 bits per heavy atom. The second kappa shape index (κ2) is 2.90. The third-order valence-corrected chi connectivity index (χ3v) is 2.32. The van der Waals surface area contributed by atoms with Gasteiger partial charge in [-0.15, -0.1) is 0 Å². The number of rotatable bonds is 2. The lowest BCUT2D eigenvalue weighted by molar-refractivity contribution is 0.198. The van der Waals surface area contributed by atoms with Gasteiger partial charge in [0.25, 0.3) is 0 Å². The van der Waals surface area contributed by atoms with Gasteiger partial charge in [-0.05, 0) is 26.7 Å². The summed E-state index contributed by atoms with van der Waals surface area (Å²) < 4.78 is 0. The summed E-state index contributed by atoms with van der Waals surface area (Å²) in [6, 6.07) is 0.876. The molecule has 0 amide bonds. The summed E-state index contributed by atoms with van der Waals surface area (Å²) in [5.74, 6) is 0. The van der Waals surface area contributed by atoms with Crippen molar-refractivity contribution < 1.29 is 5.02 Å². The van der Waals surface area contributed by atoms with Crippen LogP contribution in [0.1, 0.15) is 12.8 Å². The maximum absolute atomic E-state index is 9.13. The summed E-state index contributed by atoms with van der Waals surface area (Å²) in [5, 5.41) is 9.13. The van der Waals surface area contributed by atoms with Crippen LogP contribution in [-0.4, -0.2) is 36.0 Å². The Morgan fingerprint density at radius 1 is 1.60 bits per heavy atom. The smallest absolute Gasteiger partial charge is 0.376 e. The predicted octanol–water partition coefficient (Wildman–Crippen LogP) is -0.482. The molecule has 58 valence electrons. The van der Waals surface area contributed by atoms with E-state index in [1.165, 1.54) is 0 Å². The maximum atomic E-state index is 9.13. The van der Waals surface area contributed by atoms with E-state index in [0.717, 1.165) is 12.8 Å². The normalized spacial score (nSPS) is 32.1. The lowest BCUT2D eigenvalue weighted by atomic mass is 9.77. The first-order valence-electron chi connectivity index (χ1n) is 3.77. The molecule has 10 heavy (non-hydrogen) atoms. The molecule has 3 N–H and O–H groups in total. The minimum Gasteiger partial charge on any atom is -0.437 e. The van der Waals surface area contributed by atoms with Crippen molar-refractivity contribution in [2.75, 3.05) is 7.05 Å². The highest BCUT2D eigenvalue weighted by molar-refractivity contribution is 6.45. The molecule has 0 aromatic carbocycles. The highest BCUT2D eigenvalue weighted by Gasteiger charge is 2.31. The average molecular weight is 142 g/mol. The monoisotopic (exact) mass is 142 g/mol. The Bertz CT molecular complexity index is 114. The molecule has 0 aliphatic heterocycles. The van der Waals surface area contributed by atoms with E-state index in [1.807, 2.05) is 11.9 Å². The minimum absolute atomic E-state index is 0.336. The molecule has 1 fully saturated rings. The van der Waals surface area contributed by atoms with E-state index in [4.69, 9.17) is 10.8 Å². The van der Waals surface area contributed by atoms with E-state index in [2.05, 4.69) is 0 Å². The molecule has 0 aromatic rings. The summed E-state index contributed by atoms with van der Waals surface area (Å²) in [4.78, 5) is 1.96. The van der Waals surface area contributed by atoms with Gasteiger partial charge < -0.3 is 15.6 Å². The summed E-state index contributed by atoms with van der Waals surface area (Å²) in [6.07, 6.45) is 2.06. The quantitative estimate of drug-likeness (QED) is 0.512. The molecule has 1 aliphatic carbocycles. The largest absolute Gasteiger partial charge is 0.437 e. The Hall–Kier alpha value is -0.0551. The summed E-state index contributed by atoms with van der Waals surface area (Å²) in [6.45, 7) is 1.78. The first-order valence-corrected chi connectivity index (χ1v) is 3.77. The molecule has 0 aromatic heterocycles. The zero-order chi connectivity index (χ0) is 7.72. The minimum atomic E-state index is -0.336. The van der Waals surface area contributed by atoms with Crippen molar-refractivity contribution in [1.82, 2.24) is 4.81 Å². The Morgan fingerprint density at radius 2 is 2.10 bits per heavy atom. The molecule has 0 unspecified atom stereocenters. The van der Waals surface area contributed by atoms with E-state index in [0.29, 0.717) is 12.1 Å². The number of nitrogens with zero attached hydrogens (tertiary/aromatic N) is 1. The number of hydrogen-bond acceptors (Lipinski definition) is 3. The van der Waals surface area contributed by atoms with Gasteiger partial charge >= 0.3 is 7.05 Å². The second-order valence-electron chi connectivity index (χ2n) is 3.18. The molecule has 0 saturated heterocycles. The van der Waals surface area contributed by atoms with E-state index < -0.39 is 0 Å². The van der Waals surface area contributed by atoms with Gasteiger partial charge in [0.1, 0.15) is 0 Å². The van der Waals surface area contributed by atoms with Crippen molar-refractivity contribution in [3.63, 3.8) is 0 Å². The van der Waals surface area contributed by atoms with Crippen LogP contribution in [0, 0.1) is 0 Å². The third-order valence-electron chi connectivity index (χ3n) is 2.32. The van der Waals surface area contributed by atoms with Gasteiger partial charge in [0.2, 0.25) is 0 Å². The zero-order valence-electron chi connectivity index (χ0n) is 6.62. The highest BCUT2D eigenvalue weighted by atomic mass is 16.2. The van der Waals surface area contributed by atoms with Gasteiger partial charge in [-0.2, -0.15) is 0 Å². The predicted molar refractivity (Wildman–Crippen MR) is 42.6 cm³/mol. The second-order valence-corrected chi connectivity index (χ2v) is 3.18. The van der Waals surface area contributed by atoms with Crippen LogP contribution in [0.3, 0.4) is 0 Å². The molecular formula is C6H15BN2O. The fourth-order valence-corrected chi connectivity index (χ4v) is 1.27. The van der Waals surface area contributed by atoms with Crippen molar-refractivity contribution in [1.29, 1.82) is 0 Å². The molecule has 3 nitrogen and oxygen atoms in total. The number of nitrogens with two attached hydrogens (primary N) is 1. The van der Waals surface area contributed by atoms with Crippen molar-refractivity contribution in [3.8, 4) is 0 Å². The first-order chi connectivity index (χ1) is 4.61. The van der Waals surface area contributed by atoms with Gasteiger partial charge in [0, 0.05) is 12.1 Å². The van der Waals surface area contributed by atoms with Crippen molar-refractivity contribution >= 4 is 7.05 Å². The summed E-state index contributed by atoms with van der Waals surface area (Å²) in [7, 11) is 1.60. The number of hydrogen-bond donors (Lipinski definition) is 2. The fraction of sp³-hybridized carbons (Fsp3) is 1.00. The molecule has 0 radical (unpaired) electrons. The van der Waals surface area contributed by atoms with E-state index in [1.54, 1.807) is 6.82 Å². The Balaban J connectivity index is 2.24. The Labute approximate surface area is 62.3 Å². The van der Waals surface area contributed by atoms with Gasteiger partial charge in [0.15, 0.2) is 0 Å². The van der Waals surface area contributed by atoms with E-state index in [9.17, 15) is 0 Å². The zero-order valence-corrected chi connectivity index (χ0v) is 6.62. The summed E-state index contributed by atoms with van der Waals surface area (Å²) >= 11 is 0. The molecular weight excluding hydrogens is 127 g/mol. The van der Waals surface area contributed by atoms with Crippen LogP contribution in [0.4, 0.5) is 0 Å². The van der Waals surface area contributed by atoms with Crippen LogP contribution < -0.4 is 5.73 Å². The van der Waals surface area contributed by atoms with Gasteiger partial charge in [0.05, 0.1) is 0 Å². The topological polar surface area (TPSA) is 49.5 Å². The Kier molecular flexibility index (Phi) is 2.34. The molecule has 0 atom stereocenters. The SMILES string of the molecule is CB(O)N(C)C1CC(N)C1. The highest BCUT2D eigenvalue weighted by Crippen LogP contribution is 2.22. The fourth-order valence-electron chi connectivity index (χ4n) is 1.27. The lowest BCUT2D eigenvalue weighted by Gasteiger charge is -2.40. The summed E-state index contributed by atoms with van der Waals surface area (Å²) in [5.41, 5.74) is 5.60. The average Bonchev–Trinajstić information content (AvgIpc) is 1.79. The standard InChI is InChI=1S/C6H15BN2O/c1-7(10)9(2)6-3-5(8)4-6/h5-6,10H,3-4,8H2,1-2H3. The van der Waals surface area contributed by atoms with Crippen LogP contribution in [0.15, 0.2) is 0 Å². The van der Waals surface area contributed by atoms with Crippen LogP contribution in [0.25, 0.3) is 0 Å². The molecule has 4 heteroatoms. The van der Waals surface area contributed by atoms with Crippen molar-refractivity contribution in [2.24, 2.45) is 5.73 Å². The van der Waals surface area contributed by atoms with Crippen LogP contribution in [0.2, 0.25) is 6.82 Å². The van der Waals surface area contributed by atoms with E-state index in [-0.39, 0.29) is 7.05 Å². The molecule has 0 spiro atoms. The van der Waals surface area contributed by atoms with E-state index >= 15 is 0 Å². The molecule has 1 rings (SSSR count). The van der Waals surface area contributed by atoms with Crippen LogP contribution in [-0.2, 0) is 0 Å². The van der Waals surface area contributed by atoms with Crippen LogP contribution in [0.5, 0.6) is 0 Å². The van der Waals surface area contributed by atoms with Gasteiger partial charge in [-0.25, -0.2) is 0 Å². The van der Waals surface area contributed by atoms with Gasteiger partial charge in [-0.1, -0.05) is 0 Å². The molecule has 1 aliphatic rings. The molecule has 0 heterocycles. The van der Waals surface area contributed by atoms with Gasteiger partial charge in [-0.3, -0.25) is 0 Å². The molecule has 0 bridgehead atoms.